The fraction of sp³-hybridized carbons (Fsp3) is 0.280. The summed E-state index contributed by atoms with van der Waals surface area (Å²) in [6.07, 6.45) is 2.99. The van der Waals surface area contributed by atoms with Crippen LogP contribution in [0.15, 0.2) is 35.1 Å². The van der Waals surface area contributed by atoms with E-state index in [1.54, 1.807) is 35.8 Å². The first-order chi connectivity index (χ1) is 16.3. The Balaban J connectivity index is 1.72. The van der Waals surface area contributed by atoms with E-state index in [1.807, 2.05) is 6.07 Å². The number of carbonyl (C=O) groups is 2. The number of pyridine rings is 2. The molecule has 2 aromatic heterocycles. The maximum Gasteiger partial charge on any atom is 0.343 e. The van der Waals surface area contributed by atoms with E-state index in [9.17, 15) is 19.5 Å². The van der Waals surface area contributed by atoms with Crippen LogP contribution in [0.1, 0.15) is 35.6 Å². The average molecular weight is 462 g/mol. The van der Waals surface area contributed by atoms with Crippen LogP contribution in [-0.2, 0) is 37.8 Å². The molecule has 9 nitrogen and oxygen atoms in total. The molecule has 3 aromatic rings. The van der Waals surface area contributed by atoms with Crippen molar-refractivity contribution in [3.63, 3.8) is 0 Å². The molecule has 0 fully saturated rings. The summed E-state index contributed by atoms with van der Waals surface area (Å²) >= 11 is 0. The number of fused-ring (bicyclic) bond motifs is 5. The van der Waals surface area contributed by atoms with E-state index in [-0.39, 0.29) is 36.3 Å². The molecule has 0 bridgehead atoms. The van der Waals surface area contributed by atoms with Crippen LogP contribution in [0.4, 0.5) is 0 Å². The van der Waals surface area contributed by atoms with Gasteiger partial charge in [0.05, 0.1) is 43.2 Å². The lowest BCUT2D eigenvalue weighted by molar-refractivity contribution is -0.172. The summed E-state index contributed by atoms with van der Waals surface area (Å²) in [5.74, 6) is -0.704. The fourth-order valence-electron chi connectivity index (χ4n) is 4.62. The predicted octanol–water partition coefficient (Wildman–Crippen LogP) is 2.27. The van der Waals surface area contributed by atoms with Crippen LogP contribution in [0, 0.1) is 0 Å². The van der Waals surface area contributed by atoms with Gasteiger partial charge in [-0.2, -0.15) is 0 Å². The van der Waals surface area contributed by atoms with Gasteiger partial charge in [-0.1, -0.05) is 6.92 Å². The van der Waals surface area contributed by atoms with Crippen molar-refractivity contribution in [2.24, 2.45) is 0 Å². The number of rotatable bonds is 4. The Morgan fingerprint density at radius 2 is 2.09 bits per heavy atom. The van der Waals surface area contributed by atoms with Crippen molar-refractivity contribution in [1.82, 2.24) is 9.55 Å². The number of nitrogens with zero attached hydrogens (tertiary/aromatic N) is 2. The first kappa shape index (κ1) is 21.8. The normalized spacial score (nSPS) is 18.4. The lowest BCUT2D eigenvalue weighted by Crippen LogP contribution is -2.44. The van der Waals surface area contributed by atoms with Gasteiger partial charge in [0.15, 0.2) is 5.60 Å². The molecule has 0 saturated heterocycles. The highest BCUT2D eigenvalue weighted by atomic mass is 16.6. The minimum absolute atomic E-state index is 0.0788. The number of aliphatic hydroxyl groups is 1. The summed E-state index contributed by atoms with van der Waals surface area (Å²) < 4.78 is 16.9. The maximum absolute atomic E-state index is 13.3. The Kier molecular flexibility index (Phi) is 5.02. The second-order valence-electron chi connectivity index (χ2n) is 8.20. The number of methoxy groups -OCH3 is 2. The zero-order chi connectivity index (χ0) is 24.2. The zero-order valence-electron chi connectivity index (χ0n) is 18.9. The van der Waals surface area contributed by atoms with Crippen molar-refractivity contribution in [1.29, 1.82) is 0 Å². The van der Waals surface area contributed by atoms with Crippen LogP contribution >= 0.6 is 0 Å². The Hall–Kier alpha value is -3.98. The van der Waals surface area contributed by atoms with Crippen LogP contribution < -0.4 is 10.3 Å². The molecule has 0 spiro atoms. The molecule has 1 unspecified atom stereocenters. The molecule has 0 saturated carbocycles. The molecule has 1 atom stereocenters. The second kappa shape index (κ2) is 7.81. The molecule has 2 aliphatic rings. The number of carbonyl (C=O) groups excluding carboxylic acids is 2. The molecule has 4 heterocycles. The summed E-state index contributed by atoms with van der Waals surface area (Å²) in [6, 6.07) is 7.13. The molecule has 1 N–H and O–H groups in total. The third-order valence-electron chi connectivity index (χ3n) is 6.50. The first-order valence-corrected chi connectivity index (χ1v) is 10.8. The van der Waals surface area contributed by atoms with Gasteiger partial charge in [-0.05, 0) is 36.8 Å². The van der Waals surface area contributed by atoms with Gasteiger partial charge >= 0.3 is 11.9 Å². The van der Waals surface area contributed by atoms with Gasteiger partial charge in [0.1, 0.15) is 12.4 Å². The zero-order valence-corrected chi connectivity index (χ0v) is 18.9. The molecule has 0 radical (unpaired) electrons. The number of hydrogen-bond acceptors (Lipinski definition) is 8. The molecule has 1 aromatic carbocycles. The van der Waals surface area contributed by atoms with Crippen molar-refractivity contribution in [3.05, 3.63) is 62.9 Å². The van der Waals surface area contributed by atoms with Gasteiger partial charge in [-0.15, -0.1) is 0 Å². The van der Waals surface area contributed by atoms with Crippen molar-refractivity contribution < 1.29 is 28.9 Å². The molecular formula is C25H22N2O7. The molecule has 9 heteroatoms. The van der Waals surface area contributed by atoms with Crippen molar-refractivity contribution in [3.8, 4) is 17.1 Å². The number of hydrogen-bond donors (Lipinski definition) is 1. The standard InChI is InChI=1S/C25H22N2O7/c1-4-25(31)17-10-19-22-13(11-27(19)23(29)16(17)12-34-24(25)30)9-15-14(5-8-21(28)33-3)20(32-2)7-6-18(15)26-22/h5-10,31H,4,11-12H2,1-3H3. The minimum Gasteiger partial charge on any atom is -0.496 e. The van der Waals surface area contributed by atoms with E-state index in [2.05, 4.69) is 0 Å². The van der Waals surface area contributed by atoms with E-state index in [0.717, 1.165) is 10.9 Å². The number of aromatic nitrogens is 2. The van der Waals surface area contributed by atoms with Gasteiger partial charge in [-0.25, -0.2) is 14.6 Å². The SMILES string of the molecule is CCC1(O)C(=O)OCc2c1cc1n(c2=O)Cc2cc3c(C=CC(=O)OC)c(OC)ccc3nc2-1. The Labute approximate surface area is 194 Å². The lowest BCUT2D eigenvalue weighted by atomic mass is 9.86. The fourth-order valence-corrected chi connectivity index (χ4v) is 4.62. The van der Waals surface area contributed by atoms with E-state index in [0.29, 0.717) is 28.2 Å². The third-order valence-corrected chi connectivity index (χ3v) is 6.50. The molecular weight excluding hydrogens is 440 g/mol. The maximum atomic E-state index is 13.3. The molecule has 174 valence electrons. The smallest absolute Gasteiger partial charge is 0.343 e. The minimum atomic E-state index is -1.87. The summed E-state index contributed by atoms with van der Waals surface area (Å²) in [6.45, 7) is 1.76. The largest absolute Gasteiger partial charge is 0.496 e. The van der Waals surface area contributed by atoms with Gasteiger partial charge in [0, 0.05) is 28.2 Å². The number of ether oxygens (including phenoxy) is 3. The monoisotopic (exact) mass is 462 g/mol. The average Bonchev–Trinajstić information content (AvgIpc) is 3.21. The summed E-state index contributed by atoms with van der Waals surface area (Å²) in [5, 5.41) is 11.7. The molecule has 0 aliphatic carbocycles. The topological polar surface area (TPSA) is 117 Å². The Morgan fingerprint density at radius 3 is 2.79 bits per heavy atom. The lowest BCUT2D eigenvalue weighted by Gasteiger charge is -2.31. The summed E-state index contributed by atoms with van der Waals surface area (Å²) in [7, 11) is 2.84. The van der Waals surface area contributed by atoms with Gasteiger partial charge in [0.25, 0.3) is 5.56 Å². The van der Waals surface area contributed by atoms with E-state index < -0.39 is 17.5 Å². The predicted molar refractivity (Wildman–Crippen MR) is 122 cm³/mol. The molecule has 2 aliphatic heterocycles. The van der Waals surface area contributed by atoms with Crippen LogP contribution in [0.3, 0.4) is 0 Å². The second-order valence-corrected chi connectivity index (χ2v) is 8.20. The van der Waals surface area contributed by atoms with E-state index in [1.165, 1.54) is 20.3 Å². The third kappa shape index (κ3) is 3.04. The highest BCUT2D eigenvalue weighted by Crippen LogP contribution is 2.39. The van der Waals surface area contributed by atoms with Crippen LogP contribution in [-0.4, -0.2) is 40.8 Å². The highest BCUT2D eigenvalue weighted by Gasteiger charge is 2.45. The molecule has 0 amide bonds. The van der Waals surface area contributed by atoms with Gasteiger partial charge < -0.3 is 23.9 Å². The summed E-state index contributed by atoms with van der Waals surface area (Å²) in [5.41, 5.74) is 1.55. The highest BCUT2D eigenvalue weighted by molar-refractivity contribution is 5.97. The number of benzene rings is 1. The van der Waals surface area contributed by atoms with Crippen molar-refractivity contribution in [2.75, 3.05) is 14.2 Å². The Morgan fingerprint density at radius 1 is 1.29 bits per heavy atom. The van der Waals surface area contributed by atoms with E-state index in [4.69, 9.17) is 19.2 Å². The van der Waals surface area contributed by atoms with Crippen molar-refractivity contribution in [2.45, 2.75) is 32.1 Å². The molecule has 34 heavy (non-hydrogen) atoms. The van der Waals surface area contributed by atoms with Crippen LogP contribution in [0.2, 0.25) is 0 Å². The first-order valence-electron chi connectivity index (χ1n) is 10.8. The van der Waals surface area contributed by atoms with Crippen LogP contribution in [0.5, 0.6) is 5.75 Å². The quantitative estimate of drug-likeness (QED) is 0.363. The van der Waals surface area contributed by atoms with Crippen molar-refractivity contribution >= 4 is 28.9 Å². The molecule has 5 rings (SSSR count). The Bertz CT molecular complexity index is 1470. The number of esters is 2. The van der Waals surface area contributed by atoms with Crippen LogP contribution in [0.25, 0.3) is 28.4 Å². The van der Waals surface area contributed by atoms with Gasteiger partial charge in [-0.3, -0.25) is 4.79 Å². The van der Waals surface area contributed by atoms with E-state index >= 15 is 0 Å². The van der Waals surface area contributed by atoms with Gasteiger partial charge in [0.2, 0.25) is 0 Å². The summed E-state index contributed by atoms with van der Waals surface area (Å²) in [4.78, 5) is 42.1. The number of cyclic esters (lactones) is 1.